The molecule has 6 heteroatoms. The molecule has 1 aromatic rings. The highest BCUT2D eigenvalue weighted by atomic mass is 19.1. The van der Waals surface area contributed by atoms with Gasteiger partial charge in [0.15, 0.2) is 0 Å². The average molecular weight is 255 g/mol. The normalized spacial score (nSPS) is 11.2. The molecule has 0 aliphatic heterocycles. The van der Waals surface area contributed by atoms with Gasteiger partial charge in [0.2, 0.25) is 0 Å². The summed E-state index contributed by atoms with van der Waals surface area (Å²) >= 11 is 0. The van der Waals surface area contributed by atoms with Crippen LogP contribution in [0.4, 0.5) is 14.9 Å². The minimum Gasteiger partial charge on any atom is -0.444 e. The van der Waals surface area contributed by atoms with Crippen LogP contribution in [0.2, 0.25) is 0 Å². The Labute approximate surface area is 105 Å². The van der Waals surface area contributed by atoms with Crippen LogP contribution in [0.1, 0.15) is 26.3 Å². The first-order valence-electron chi connectivity index (χ1n) is 5.54. The largest absolute Gasteiger partial charge is 0.444 e. The Morgan fingerprint density at radius 1 is 1.44 bits per heavy atom. The lowest BCUT2D eigenvalue weighted by Crippen LogP contribution is -2.28. The van der Waals surface area contributed by atoms with Gasteiger partial charge < -0.3 is 4.74 Å². The molecular weight excluding hydrogens is 237 g/mol. The molecule has 0 atom stereocenters. The summed E-state index contributed by atoms with van der Waals surface area (Å²) in [6.45, 7) is 5.53. The van der Waals surface area contributed by atoms with Gasteiger partial charge in [-0.05, 0) is 44.5 Å². The zero-order chi connectivity index (χ0) is 13.8. The van der Waals surface area contributed by atoms with Gasteiger partial charge >= 0.3 is 6.09 Å². The summed E-state index contributed by atoms with van der Waals surface area (Å²) in [4.78, 5) is 11.6. The van der Waals surface area contributed by atoms with Crippen molar-refractivity contribution in [3.63, 3.8) is 0 Å². The molecule has 5 nitrogen and oxygen atoms in total. The van der Waals surface area contributed by atoms with E-state index in [9.17, 15) is 9.18 Å². The van der Waals surface area contributed by atoms with Crippen molar-refractivity contribution in [1.82, 2.24) is 5.43 Å². The van der Waals surface area contributed by atoms with Crippen LogP contribution in [-0.2, 0) is 11.3 Å². The fourth-order valence-corrected chi connectivity index (χ4v) is 1.35. The second-order valence-electron chi connectivity index (χ2n) is 4.81. The summed E-state index contributed by atoms with van der Waals surface area (Å²) < 4.78 is 18.2. The second kappa shape index (κ2) is 5.79. The van der Waals surface area contributed by atoms with E-state index < -0.39 is 17.5 Å². The molecule has 0 aliphatic carbocycles. The molecule has 0 unspecified atom stereocenters. The Balaban J connectivity index is 2.80. The van der Waals surface area contributed by atoms with Crippen molar-refractivity contribution in [3.8, 4) is 0 Å². The van der Waals surface area contributed by atoms with Gasteiger partial charge in [0.05, 0.1) is 0 Å². The van der Waals surface area contributed by atoms with Gasteiger partial charge in [-0.15, -0.1) is 0 Å². The van der Waals surface area contributed by atoms with Gasteiger partial charge in [-0.2, -0.15) is 0 Å². The van der Waals surface area contributed by atoms with Crippen molar-refractivity contribution in [2.45, 2.75) is 32.9 Å². The summed E-state index contributed by atoms with van der Waals surface area (Å²) in [5.41, 5.74) is 2.83. The van der Waals surface area contributed by atoms with E-state index in [1.54, 1.807) is 20.8 Å². The predicted octanol–water partition coefficient (Wildman–Crippen LogP) is 2.14. The zero-order valence-electron chi connectivity index (χ0n) is 10.7. The highest BCUT2D eigenvalue weighted by Crippen LogP contribution is 2.18. The number of halogens is 1. The average Bonchev–Trinajstić information content (AvgIpc) is 2.20. The van der Waals surface area contributed by atoms with E-state index >= 15 is 0 Å². The van der Waals surface area contributed by atoms with E-state index in [0.717, 1.165) is 0 Å². The van der Waals surface area contributed by atoms with Crippen LogP contribution in [0.3, 0.4) is 0 Å². The third kappa shape index (κ3) is 4.68. The maximum absolute atomic E-state index is 13.1. The number of rotatable bonds is 3. The van der Waals surface area contributed by atoms with E-state index in [1.165, 1.54) is 18.2 Å². The van der Waals surface area contributed by atoms with Gasteiger partial charge in [0, 0.05) is 12.2 Å². The smallest absolute Gasteiger partial charge is 0.412 e. The van der Waals surface area contributed by atoms with Crippen LogP contribution in [0.15, 0.2) is 18.2 Å². The third-order valence-corrected chi connectivity index (χ3v) is 2.00. The molecule has 1 amide bonds. The number of carbonyl (C=O) groups excluding carboxylic acids is 1. The quantitative estimate of drug-likeness (QED) is 0.571. The molecule has 0 aromatic heterocycles. The van der Waals surface area contributed by atoms with E-state index in [-0.39, 0.29) is 6.54 Å². The minimum absolute atomic E-state index is 0.239. The van der Waals surface area contributed by atoms with Crippen molar-refractivity contribution in [2.75, 3.05) is 5.32 Å². The Morgan fingerprint density at radius 2 is 2.11 bits per heavy atom. The number of carbonyl (C=O) groups is 1. The van der Waals surface area contributed by atoms with Gasteiger partial charge in [0.25, 0.3) is 0 Å². The van der Waals surface area contributed by atoms with Crippen LogP contribution in [0.5, 0.6) is 0 Å². The SMILES string of the molecule is CC(C)(C)OC(=O)Nc1ccc(F)cc1CNN. The topological polar surface area (TPSA) is 76.4 Å². The summed E-state index contributed by atoms with van der Waals surface area (Å²) in [7, 11) is 0. The fraction of sp³-hybridized carbons (Fsp3) is 0.417. The molecule has 0 saturated carbocycles. The predicted molar refractivity (Wildman–Crippen MR) is 67.3 cm³/mol. The highest BCUT2D eigenvalue weighted by molar-refractivity contribution is 5.85. The Bertz CT molecular complexity index is 430. The van der Waals surface area contributed by atoms with Gasteiger partial charge in [0.1, 0.15) is 11.4 Å². The maximum Gasteiger partial charge on any atom is 0.412 e. The molecule has 1 rings (SSSR count). The highest BCUT2D eigenvalue weighted by Gasteiger charge is 2.17. The third-order valence-electron chi connectivity index (χ3n) is 2.00. The number of hydrogen-bond acceptors (Lipinski definition) is 4. The number of benzene rings is 1. The van der Waals surface area contributed by atoms with E-state index in [0.29, 0.717) is 11.3 Å². The number of nitrogens with two attached hydrogens (primary N) is 1. The molecule has 0 spiro atoms. The number of amides is 1. The molecule has 4 N–H and O–H groups in total. The van der Waals surface area contributed by atoms with Crippen molar-refractivity contribution < 1.29 is 13.9 Å². The number of hydrazine groups is 1. The maximum atomic E-state index is 13.1. The lowest BCUT2D eigenvalue weighted by Gasteiger charge is -2.20. The molecule has 0 saturated heterocycles. The van der Waals surface area contributed by atoms with E-state index in [2.05, 4.69) is 10.7 Å². The lowest BCUT2D eigenvalue weighted by atomic mass is 10.1. The number of nitrogens with one attached hydrogen (secondary N) is 2. The molecule has 18 heavy (non-hydrogen) atoms. The molecule has 100 valence electrons. The molecular formula is C12H18FN3O2. The summed E-state index contributed by atoms with van der Waals surface area (Å²) in [5, 5.41) is 2.56. The lowest BCUT2D eigenvalue weighted by molar-refractivity contribution is 0.0635. The van der Waals surface area contributed by atoms with Gasteiger partial charge in [-0.1, -0.05) is 0 Å². The van der Waals surface area contributed by atoms with Crippen LogP contribution in [0, 0.1) is 5.82 Å². The molecule has 0 radical (unpaired) electrons. The zero-order valence-corrected chi connectivity index (χ0v) is 10.7. The summed E-state index contributed by atoms with van der Waals surface area (Å²) in [6.07, 6.45) is -0.590. The number of anilines is 1. The molecule has 1 aromatic carbocycles. The van der Waals surface area contributed by atoms with Crippen LogP contribution >= 0.6 is 0 Å². The minimum atomic E-state index is -0.590. The Hall–Kier alpha value is -1.66. The van der Waals surface area contributed by atoms with Crippen molar-refractivity contribution in [1.29, 1.82) is 0 Å². The van der Waals surface area contributed by atoms with Gasteiger partial charge in [-0.25, -0.2) is 9.18 Å². The Kier molecular flexibility index (Phi) is 4.63. The second-order valence-corrected chi connectivity index (χ2v) is 4.81. The van der Waals surface area contributed by atoms with Crippen LogP contribution in [-0.4, -0.2) is 11.7 Å². The first kappa shape index (κ1) is 14.4. The molecule has 0 heterocycles. The number of ether oxygens (including phenoxy) is 1. The molecule has 0 fully saturated rings. The van der Waals surface area contributed by atoms with Crippen LogP contribution in [0.25, 0.3) is 0 Å². The van der Waals surface area contributed by atoms with Crippen LogP contribution < -0.4 is 16.6 Å². The molecule has 0 bridgehead atoms. The van der Waals surface area contributed by atoms with Gasteiger partial charge in [-0.3, -0.25) is 16.6 Å². The Morgan fingerprint density at radius 3 is 2.67 bits per heavy atom. The summed E-state index contributed by atoms with van der Waals surface area (Å²) in [6, 6.07) is 4.02. The first-order chi connectivity index (χ1) is 8.31. The van der Waals surface area contributed by atoms with E-state index in [1.807, 2.05) is 0 Å². The van der Waals surface area contributed by atoms with Crippen molar-refractivity contribution >= 4 is 11.8 Å². The number of hydrogen-bond donors (Lipinski definition) is 3. The fourth-order valence-electron chi connectivity index (χ4n) is 1.35. The molecule has 0 aliphatic rings. The van der Waals surface area contributed by atoms with E-state index in [4.69, 9.17) is 10.6 Å². The standard InChI is InChI=1S/C12H18FN3O2/c1-12(2,3)18-11(17)16-10-5-4-9(13)6-8(10)7-15-14/h4-6,15H,7,14H2,1-3H3,(H,16,17). The monoisotopic (exact) mass is 255 g/mol. The summed E-state index contributed by atoms with van der Waals surface area (Å²) in [5.74, 6) is 4.80. The van der Waals surface area contributed by atoms with Crippen molar-refractivity contribution in [3.05, 3.63) is 29.6 Å². The van der Waals surface area contributed by atoms with Crippen molar-refractivity contribution in [2.24, 2.45) is 5.84 Å². The first-order valence-corrected chi connectivity index (χ1v) is 5.54.